The lowest BCUT2D eigenvalue weighted by atomic mass is 9.86. The molecule has 1 atom stereocenters. The number of aryl methyl sites for hydroxylation is 1. The molecule has 2 rings (SSSR count). The third-order valence-electron chi connectivity index (χ3n) is 3.21. The van der Waals surface area contributed by atoms with Gasteiger partial charge in [0.05, 0.1) is 4.83 Å². The lowest BCUT2D eigenvalue weighted by Gasteiger charge is -2.25. The molecule has 0 aromatic carbocycles. The second-order valence-electron chi connectivity index (χ2n) is 4.35. The molecule has 0 aliphatic heterocycles. The van der Waals surface area contributed by atoms with Gasteiger partial charge in [-0.25, -0.2) is 0 Å². The van der Waals surface area contributed by atoms with Crippen LogP contribution in [0.15, 0.2) is 10.5 Å². The van der Waals surface area contributed by atoms with E-state index in [0.717, 1.165) is 5.92 Å². The summed E-state index contributed by atoms with van der Waals surface area (Å²) in [6.07, 6.45) is 7.05. The summed E-state index contributed by atoms with van der Waals surface area (Å²) in [5.74, 6) is 0.851. The number of thiophene rings is 1. The van der Waals surface area contributed by atoms with Crippen molar-refractivity contribution in [2.75, 3.05) is 0 Å². The lowest BCUT2D eigenvalue weighted by Crippen LogP contribution is -2.10. The first kappa shape index (κ1) is 12.1. The summed E-state index contributed by atoms with van der Waals surface area (Å²) in [7, 11) is 0. The van der Waals surface area contributed by atoms with E-state index in [4.69, 9.17) is 0 Å². The van der Waals surface area contributed by atoms with Crippen molar-refractivity contribution < 1.29 is 0 Å². The molecule has 0 nitrogen and oxygen atoms in total. The van der Waals surface area contributed by atoms with Crippen molar-refractivity contribution in [3.05, 3.63) is 20.3 Å². The summed E-state index contributed by atoms with van der Waals surface area (Å²) in [6.45, 7) is 2.18. The average Bonchev–Trinajstić information content (AvgIpc) is 2.59. The Kier molecular flexibility index (Phi) is 4.31. The Hall–Kier alpha value is 0.660. The predicted octanol–water partition coefficient (Wildman–Crippen LogP) is 5.84. The molecule has 3 heteroatoms. The highest BCUT2D eigenvalue weighted by molar-refractivity contribution is 9.10. The van der Waals surface area contributed by atoms with Gasteiger partial charge in [0.15, 0.2) is 0 Å². The molecule has 15 heavy (non-hydrogen) atoms. The quantitative estimate of drug-likeness (QED) is 0.587. The molecular formula is C12H16Br2S. The van der Waals surface area contributed by atoms with Gasteiger partial charge in [0.2, 0.25) is 0 Å². The van der Waals surface area contributed by atoms with Crippen LogP contribution in [-0.2, 0) is 0 Å². The van der Waals surface area contributed by atoms with Crippen LogP contribution in [0.5, 0.6) is 0 Å². The van der Waals surface area contributed by atoms with Crippen molar-refractivity contribution in [2.45, 2.75) is 43.9 Å². The van der Waals surface area contributed by atoms with E-state index in [9.17, 15) is 0 Å². The van der Waals surface area contributed by atoms with Crippen LogP contribution in [0.3, 0.4) is 0 Å². The molecule has 0 amide bonds. The molecule has 1 aliphatic carbocycles. The number of alkyl halides is 1. The molecule has 1 saturated carbocycles. The molecule has 1 aromatic rings. The van der Waals surface area contributed by atoms with E-state index in [1.165, 1.54) is 46.3 Å². The minimum atomic E-state index is 0.577. The third kappa shape index (κ3) is 2.86. The van der Waals surface area contributed by atoms with Crippen molar-refractivity contribution in [2.24, 2.45) is 5.92 Å². The van der Waals surface area contributed by atoms with Gasteiger partial charge in [0.25, 0.3) is 0 Å². The normalized spacial score (nSPS) is 20.5. The Labute approximate surface area is 113 Å². The van der Waals surface area contributed by atoms with Crippen molar-refractivity contribution >= 4 is 43.2 Å². The molecule has 0 N–H and O–H groups in total. The third-order valence-corrected chi connectivity index (χ3v) is 6.98. The van der Waals surface area contributed by atoms with Gasteiger partial charge in [-0.05, 0) is 47.7 Å². The maximum Gasteiger partial charge on any atom is 0.0517 e. The van der Waals surface area contributed by atoms with Crippen LogP contribution in [-0.4, -0.2) is 0 Å². The Balaban J connectivity index is 2.08. The molecule has 1 aliphatic rings. The molecule has 0 saturated heterocycles. The zero-order chi connectivity index (χ0) is 10.8. The Bertz CT molecular complexity index is 307. The first-order valence-corrected chi connectivity index (χ1v) is 8.11. The lowest BCUT2D eigenvalue weighted by molar-refractivity contribution is 0.356. The van der Waals surface area contributed by atoms with Gasteiger partial charge in [-0.15, -0.1) is 11.3 Å². The van der Waals surface area contributed by atoms with E-state index in [0.29, 0.717) is 4.83 Å². The molecule has 1 aromatic heterocycles. The Morgan fingerprint density at radius 2 is 2.00 bits per heavy atom. The highest BCUT2D eigenvalue weighted by atomic mass is 79.9. The van der Waals surface area contributed by atoms with Gasteiger partial charge in [-0.1, -0.05) is 35.2 Å². The molecule has 1 heterocycles. The predicted molar refractivity (Wildman–Crippen MR) is 75.0 cm³/mol. The largest absolute Gasteiger partial charge is 0.143 e. The van der Waals surface area contributed by atoms with Crippen LogP contribution in [0.2, 0.25) is 0 Å². The van der Waals surface area contributed by atoms with Gasteiger partial charge in [0.1, 0.15) is 0 Å². The fraction of sp³-hybridized carbons (Fsp3) is 0.667. The summed E-state index contributed by atoms with van der Waals surface area (Å²) in [4.78, 5) is 3.46. The summed E-state index contributed by atoms with van der Waals surface area (Å²) < 4.78 is 1.27. The second-order valence-corrected chi connectivity index (χ2v) is 7.48. The van der Waals surface area contributed by atoms with E-state index in [2.05, 4.69) is 44.8 Å². The van der Waals surface area contributed by atoms with Crippen LogP contribution in [0.25, 0.3) is 0 Å². The van der Waals surface area contributed by atoms with Gasteiger partial charge in [0, 0.05) is 14.2 Å². The molecular weight excluding hydrogens is 336 g/mol. The van der Waals surface area contributed by atoms with E-state index in [1.807, 2.05) is 11.3 Å². The van der Waals surface area contributed by atoms with Crippen molar-refractivity contribution in [3.63, 3.8) is 0 Å². The smallest absolute Gasteiger partial charge is 0.0517 e. The zero-order valence-electron chi connectivity index (χ0n) is 8.93. The van der Waals surface area contributed by atoms with Crippen molar-refractivity contribution in [1.82, 2.24) is 0 Å². The zero-order valence-corrected chi connectivity index (χ0v) is 12.9. The molecule has 1 unspecified atom stereocenters. The Morgan fingerprint density at radius 3 is 2.53 bits per heavy atom. The molecule has 0 spiro atoms. The maximum atomic E-state index is 3.88. The monoisotopic (exact) mass is 350 g/mol. The average molecular weight is 352 g/mol. The minimum Gasteiger partial charge on any atom is -0.143 e. The topological polar surface area (TPSA) is 0 Å². The number of halogens is 2. The van der Waals surface area contributed by atoms with E-state index < -0.39 is 0 Å². The highest BCUT2D eigenvalue weighted by Gasteiger charge is 2.24. The van der Waals surface area contributed by atoms with Crippen LogP contribution >= 0.6 is 43.2 Å². The summed E-state index contributed by atoms with van der Waals surface area (Å²) in [5, 5.41) is 0. The molecule has 0 bridgehead atoms. The fourth-order valence-corrected chi connectivity index (χ4v) is 4.85. The van der Waals surface area contributed by atoms with E-state index in [1.54, 1.807) is 0 Å². The van der Waals surface area contributed by atoms with Gasteiger partial charge >= 0.3 is 0 Å². The summed E-state index contributed by atoms with van der Waals surface area (Å²) >= 11 is 9.40. The Morgan fingerprint density at radius 1 is 1.33 bits per heavy atom. The number of rotatable bonds is 2. The number of hydrogen-bond acceptors (Lipinski definition) is 1. The standard InChI is InChI=1S/C12H16Br2S/c1-8-10(13)7-11(15-8)12(14)9-5-3-2-4-6-9/h7,9,12H,2-6H2,1H3. The molecule has 1 fully saturated rings. The van der Waals surface area contributed by atoms with Crippen LogP contribution in [0.1, 0.15) is 46.7 Å². The highest BCUT2D eigenvalue weighted by Crippen LogP contribution is 2.43. The van der Waals surface area contributed by atoms with Crippen molar-refractivity contribution in [1.29, 1.82) is 0 Å². The maximum absolute atomic E-state index is 3.88. The molecule has 84 valence electrons. The van der Waals surface area contributed by atoms with Crippen LogP contribution in [0, 0.1) is 12.8 Å². The fourth-order valence-electron chi connectivity index (χ4n) is 2.28. The first-order chi connectivity index (χ1) is 7.18. The summed E-state index contributed by atoms with van der Waals surface area (Å²) in [6, 6.07) is 2.29. The van der Waals surface area contributed by atoms with Gasteiger partial charge in [-0.3, -0.25) is 0 Å². The minimum absolute atomic E-state index is 0.577. The van der Waals surface area contributed by atoms with Gasteiger partial charge < -0.3 is 0 Å². The molecule has 0 radical (unpaired) electrons. The second kappa shape index (κ2) is 5.33. The van der Waals surface area contributed by atoms with Crippen LogP contribution in [0.4, 0.5) is 0 Å². The van der Waals surface area contributed by atoms with Crippen molar-refractivity contribution in [3.8, 4) is 0 Å². The first-order valence-electron chi connectivity index (χ1n) is 5.58. The van der Waals surface area contributed by atoms with E-state index >= 15 is 0 Å². The van der Waals surface area contributed by atoms with Crippen LogP contribution < -0.4 is 0 Å². The van der Waals surface area contributed by atoms with Gasteiger partial charge in [-0.2, -0.15) is 0 Å². The summed E-state index contributed by atoms with van der Waals surface area (Å²) in [5.41, 5.74) is 0. The van der Waals surface area contributed by atoms with E-state index in [-0.39, 0.29) is 0 Å². The number of hydrogen-bond donors (Lipinski definition) is 0. The SMILES string of the molecule is Cc1sc(C(Br)C2CCCCC2)cc1Br.